The summed E-state index contributed by atoms with van der Waals surface area (Å²) in [6.45, 7) is 1.38. The Bertz CT molecular complexity index is 910. The second-order valence-corrected chi connectivity index (χ2v) is 5.99. The van der Waals surface area contributed by atoms with Crippen molar-refractivity contribution in [1.29, 1.82) is 0 Å². The maximum atomic E-state index is 13.0. The number of rotatable bonds is 3. The van der Waals surface area contributed by atoms with Crippen LogP contribution in [0.2, 0.25) is 0 Å². The molecule has 1 aromatic carbocycles. The average Bonchev–Trinajstić information content (AvgIpc) is 3.02. The van der Waals surface area contributed by atoms with Crippen LogP contribution in [0.3, 0.4) is 0 Å². The highest BCUT2D eigenvalue weighted by Crippen LogP contribution is 2.23. The molecule has 24 heavy (non-hydrogen) atoms. The fourth-order valence-electron chi connectivity index (χ4n) is 3.06. The molecular formula is C17H17FN4O2. The van der Waals surface area contributed by atoms with Gasteiger partial charge in [0.05, 0.1) is 12.2 Å². The van der Waals surface area contributed by atoms with E-state index in [1.54, 1.807) is 18.3 Å². The number of benzene rings is 1. The van der Waals surface area contributed by atoms with E-state index in [2.05, 4.69) is 15.1 Å². The molecule has 0 unspecified atom stereocenters. The third kappa shape index (κ3) is 2.82. The lowest BCUT2D eigenvalue weighted by molar-refractivity contribution is 0.0673. The molecule has 1 aliphatic heterocycles. The summed E-state index contributed by atoms with van der Waals surface area (Å²) in [6.07, 6.45) is 3.72. The summed E-state index contributed by atoms with van der Waals surface area (Å²) in [5, 5.41) is 4.86. The van der Waals surface area contributed by atoms with Gasteiger partial charge in [-0.05, 0) is 30.5 Å². The van der Waals surface area contributed by atoms with E-state index in [1.807, 2.05) is 4.68 Å². The third-order valence-corrected chi connectivity index (χ3v) is 4.33. The maximum Gasteiger partial charge on any atom is 0.262 e. The zero-order valence-electron chi connectivity index (χ0n) is 13.0. The van der Waals surface area contributed by atoms with Crippen LogP contribution in [-0.2, 0) is 11.2 Å². The quantitative estimate of drug-likeness (QED) is 0.800. The summed E-state index contributed by atoms with van der Waals surface area (Å²) < 4.78 is 20.2. The molecule has 1 saturated heterocycles. The maximum absolute atomic E-state index is 13.0. The number of aromatic amines is 1. The van der Waals surface area contributed by atoms with Gasteiger partial charge >= 0.3 is 0 Å². The van der Waals surface area contributed by atoms with Crippen molar-refractivity contribution in [3.63, 3.8) is 0 Å². The summed E-state index contributed by atoms with van der Waals surface area (Å²) in [5.74, 6) is 0.265. The molecule has 7 heteroatoms. The van der Waals surface area contributed by atoms with Crippen LogP contribution in [0, 0.1) is 5.82 Å². The summed E-state index contributed by atoms with van der Waals surface area (Å²) in [6, 6.07) is 6.38. The van der Waals surface area contributed by atoms with E-state index in [4.69, 9.17) is 4.74 Å². The van der Waals surface area contributed by atoms with Crippen LogP contribution in [0.15, 0.2) is 35.3 Å². The minimum Gasteiger partial charge on any atom is -0.381 e. The van der Waals surface area contributed by atoms with E-state index in [0.29, 0.717) is 36.5 Å². The zero-order chi connectivity index (χ0) is 16.5. The predicted octanol–water partition coefficient (Wildman–Crippen LogP) is 2.20. The summed E-state index contributed by atoms with van der Waals surface area (Å²) in [7, 11) is 0. The van der Waals surface area contributed by atoms with Crippen molar-refractivity contribution in [2.75, 3.05) is 13.2 Å². The van der Waals surface area contributed by atoms with E-state index in [1.165, 1.54) is 12.1 Å². The highest BCUT2D eigenvalue weighted by molar-refractivity contribution is 5.73. The van der Waals surface area contributed by atoms with Gasteiger partial charge in [0.25, 0.3) is 5.56 Å². The summed E-state index contributed by atoms with van der Waals surface area (Å²) >= 11 is 0. The number of nitrogens with zero attached hydrogens (tertiary/aromatic N) is 3. The molecule has 0 atom stereocenters. The Balaban J connectivity index is 1.71. The number of halogens is 1. The van der Waals surface area contributed by atoms with Crippen molar-refractivity contribution in [3.05, 3.63) is 58.0 Å². The lowest BCUT2D eigenvalue weighted by Gasteiger charge is -2.22. The van der Waals surface area contributed by atoms with E-state index in [-0.39, 0.29) is 17.4 Å². The van der Waals surface area contributed by atoms with Crippen LogP contribution in [0.5, 0.6) is 0 Å². The lowest BCUT2D eigenvalue weighted by atomic mass is 10.1. The highest BCUT2D eigenvalue weighted by atomic mass is 19.1. The molecule has 4 rings (SSSR count). The standard InChI is InChI=1S/C17H17FN4O2/c18-12-3-1-11(2-4-12)9-15-20-16-14(17(23)21-15)10-19-22(16)13-5-7-24-8-6-13/h1-4,10,13H,5-9H2,(H,20,21,23). The fourth-order valence-corrected chi connectivity index (χ4v) is 3.06. The number of H-pyrrole nitrogens is 1. The molecule has 0 bridgehead atoms. The number of aromatic nitrogens is 4. The van der Waals surface area contributed by atoms with Crippen LogP contribution in [0.4, 0.5) is 4.39 Å². The molecule has 1 fully saturated rings. The molecule has 0 amide bonds. The van der Waals surface area contributed by atoms with Gasteiger partial charge in [-0.1, -0.05) is 12.1 Å². The third-order valence-electron chi connectivity index (χ3n) is 4.33. The van der Waals surface area contributed by atoms with E-state index >= 15 is 0 Å². The molecule has 0 aliphatic carbocycles. The van der Waals surface area contributed by atoms with Crippen molar-refractivity contribution in [2.45, 2.75) is 25.3 Å². The Hall–Kier alpha value is -2.54. The number of hydrogen-bond acceptors (Lipinski definition) is 4. The molecule has 2 aromatic heterocycles. The average molecular weight is 328 g/mol. The van der Waals surface area contributed by atoms with Crippen molar-refractivity contribution in [1.82, 2.24) is 19.7 Å². The molecule has 3 heterocycles. The van der Waals surface area contributed by atoms with Gasteiger partial charge in [-0.3, -0.25) is 4.79 Å². The zero-order valence-corrected chi connectivity index (χ0v) is 13.0. The second-order valence-electron chi connectivity index (χ2n) is 5.99. The van der Waals surface area contributed by atoms with Crippen LogP contribution in [0.1, 0.15) is 30.3 Å². The Kier molecular flexibility index (Phi) is 3.86. The molecule has 3 aromatic rings. The second kappa shape index (κ2) is 6.16. The Morgan fingerprint density at radius 1 is 1.25 bits per heavy atom. The Morgan fingerprint density at radius 3 is 2.75 bits per heavy atom. The van der Waals surface area contributed by atoms with E-state index in [9.17, 15) is 9.18 Å². The van der Waals surface area contributed by atoms with Gasteiger partial charge in [-0.25, -0.2) is 14.1 Å². The van der Waals surface area contributed by atoms with Gasteiger partial charge in [-0.15, -0.1) is 0 Å². The first-order valence-electron chi connectivity index (χ1n) is 7.99. The Morgan fingerprint density at radius 2 is 2.00 bits per heavy atom. The van der Waals surface area contributed by atoms with Gasteiger partial charge in [0.1, 0.15) is 17.0 Å². The van der Waals surface area contributed by atoms with Gasteiger partial charge in [0, 0.05) is 19.6 Å². The van der Waals surface area contributed by atoms with E-state index < -0.39 is 0 Å². The van der Waals surface area contributed by atoms with Crippen LogP contribution in [-0.4, -0.2) is 33.0 Å². The Labute approximate surface area is 137 Å². The SMILES string of the molecule is O=c1[nH]c(Cc2ccc(F)cc2)nc2c1cnn2C1CCOCC1. The molecule has 6 nitrogen and oxygen atoms in total. The van der Waals surface area contributed by atoms with Crippen molar-refractivity contribution in [3.8, 4) is 0 Å². The first kappa shape index (κ1) is 15.0. The number of ether oxygens (including phenoxy) is 1. The number of fused-ring (bicyclic) bond motifs is 1. The molecular weight excluding hydrogens is 311 g/mol. The highest BCUT2D eigenvalue weighted by Gasteiger charge is 2.20. The minimum atomic E-state index is -0.284. The topological polar surface area (TPSA) is 72.8 Å². The molecule has 1 aliphatic rings. The van der Waals surface area contributed by atoms with Gasteiger partial charge in [0.15, 0.2) is 5.65 Å². The minimum absolute atomic E-state index is 0.198. The molecule has 1 N–H and O–H groups in total. The first-order chi connectivity index (χ1) is 11.7. The van der Waals surface area contributed by atoms with Crippen LogP contribution in [0.25, 0.3) is 11.0 Å². The van der Waals surface area contributed by atoms with Crippen LogP contribution < -0.4 is 5.56 Å². The van der Waals surface area contributed by atoms with Crippen LogP contribution >= 0.6 is 0 Å². The van der Waals surface area contributed by atoms with Crippen molar-refractivity contribution in [2.24, 2.45) is 0 Å². The van der Waals surface area contributed by atoms with Gasteiger partial charge in [-0.2, -0.15) is 5.10 Å². The molecule has 0 radical (unpaired) electrons. The fraction of sp³-hybridized carbons (Fsp3) is 0.353. The van der Waals surface area contributed by atoms with Gasteiger partial charge < -0.3 is 9.72 Å². The van der Waals surface area contributed by atoms with Crippen molar-refractivity contribution < 1.29 is 9.13 Å². The summed E-state index contributed by atoms with van der Waals surface area (Å²) in [5.41, 5.74) is 1.29. The molecule has 0 saturated carbocycles. The number of nitrogens with one attached hydrogen (secondary N) is 1. The van der Waals surface area contributed by atoms with Gasteiger partial charge in [0.2, 0.25) is 0 Å². The van der Waals surface area contributed by atoms with Crippen molar-refractivity contribution >= 4 is 11.0 Å². The molecule has 124 valence electrons. The normalized spacial score (nSPS) is 15.9. The predicted molar refractivity (Wildman–Crippen MR) is 86.4 cm³/mol. The molecule has 0 spiro atoms. The first-order valence-corrected chi connectivity index (χ1v) is 7.99. The number of hydrogen-bond donors (Lipinski definition) is 1. The van der Waals surface area contributed by atoms with E-state index in [0.717, 1.165) is 18.4 Å². The largest absolute Gasteiger partial charge is 0.381 e. The lowest BCUT2D eigenvalue weighted by Crippen LogP contribution is -2.21. The monoisotopic (exact) mass is 328 g/mol. The summed E-state index contributed by atoms with van der Waals surface area (Å²) in [4.78, 5) is 19.7. The smallest absolute Gasteiger partial charge is 0.262 e.